The summed E-state index contributed by atoms with van der Waals surface area (Å²) in [7, 11) is 1.95. The second-order valence-electron chi connectivity index (χ2n) is 23.6. The number of rotatable bonds is 11. The number of carbonyl (C=O) groups excluding carboxylic acids is 2. The second kappa shape index (κ2) is 19.1. The highest BCUT2D eigenvalue weighted by Gasteiger charge is 2.47. The molecule has 3 unspecified atom stereocenters. The van der Waals surface area contributed by atoms with Crippen LogP contribution in [0.3, 0.4) is 0 Å². The second-order valence-corrected chi connectivity index (χ2v) is 23.6. The van der Waals surface area contributed by atoms with Crippen LogP contribution in [0.1, 0.15) is 119 Å². The summed E-state index contributed by atoms with van der Waals surface area (Å²) >= 11 is 0. The maximum Gasteiger partial charge on any atom is 0.319 e. The molecule has 3 atom stereocenters. The van der Waals surface area contributed by atoms with Crippen molar-refractivity contribution in [3.63, 3.8) is 0 Å². The van der Waals surface area contributed by atoms with E-state index in [-0.39, 0.29) is 51.3 Å². The number of anilines is 1. The summed E-state index contributed by atoms with van der Waals surface area (Å²) in [4.78, 5) is 46.4. The van der Waals surface area contributed by atoms with E-state index in [1.54, 1.807) is 6.20 Å². The molecule has 75 heavy (non-hydrogen) atoms. The summed E-state index contributed by atoms with van der Waals surface area (Å²) in [6, 6.07) is 13.0. The van der Waals surface area contributed by atoms with E-state index in [1.807, 2.05) is 11.7 Å². The van der Waals surface area contributed by atoms with Gasteiger partial charge in [-0.05, 0) is 162 Å². The van der Waals surface area contributed by atoms with Gasteiger partial charge in [0, 0.05) is 79.7 Å². The fraction of sp³-hybridized carbons (Fsp3) is 0.525. The Labute approximate surface area is 436 Å². The van der Waals surface area contributed by atoms with Crippen molar-refractivity contribution in [3.05, 3.63) is 77.1 Å². The monoisotopic (exact) mass is 1020 g/mol. The highest BCUT2D eigenvalue weighted by atomic mass is 19.1. The molecule has 3 aromatic heterocycles. The zero-order valence-electron chi connectivity index (χ0n) is 42.9. The lowest BCUT2D eigenvalue weighted by molar-refractivity contribution is -0.134. The number of piperidine rings is 3. The van der Waals surface area contributed by atoms with Crippen molar-refractivity contribution in [3.8, 4) is 35.4 Å². The van der Waals surface area contributed by atoms with E-state index in [2.05, 4.69) is 54.4 Å². The number of phenolic OH excluding ortho intramolecular Hbond substituents is 1. The number of ether oxygens (including phenoxy) is 1. The zero-order chi connectivity index (χ0) is 51.2. The van der Waals surface area contributed by atoms with E-state index in [0.717, 1.165) is 107 Å². The van der Waals surface area contributed by atoms with Gasteiger partial charge in [0.25, 0.3) is 0 Å². The molecule has 0 radical (unpaired) electrons. The molecule has 5 aliphatic heterocycles. The van der Waals surface area contributed by atoms with E-state index >= 15 is 8.78 Å². The van der Waals surface area contributed by atoms with Gasteiger partial charge in [-0.2, -0.15) is 15.1 Å². The summed E-state index contributed by atoms with van der Waals surface area (Å²) in [5.74, 6) is 1.99. The Balaban J connectivity index is 0.628. The summed E-state index contributed by atoms with van der Waals surface area (Å²) in [5.41, 5.74) is 3.74. The van der Waals surface area contributed by atoms with Crippen molar-refractivity contribution >= 4 is 50.2 Å². The third-order valence-electron chi connectivity index (χ3n) is 18.8. The number of aromatic nitrogens is 5. The first-order valence-electron chi connectivity index (χ1n) is 27.6. The van der Waals surface area contributed by atoms with Gasteiger partial charge in [-0.15, -0.1) is 6.42 Å². The number of carbonyl (C=O) groups is 2. The van der Waals surface area contributed by atoms with E-state index in [9.17, 15) is 14.7 Å². The van der Waals surface area contributed by atoms with Gasteiger partial charge in [0.1, 0.15) is 28.6 Å². The third kappa shape index (κ3) is 9.16. The van der Waals surface area contributed by atoms with Crippen molar-refractivity contribution in [2.24, 2.45) is 23.8 Å². The van der Waals surface area contributed by atoms with Gasteiger partial charge in [0.15, 0.2) is 5.82 Å². The van der Waals surface area contributed by atoms with E-state index < -0.39 is 17.6 Å². The van der Waals surface area contributed by atoms with Gasteiger partial charge in [-0.1, -0.05) is 24.1 Å². The highest BCUT2D eigenvalue weighted by Crippen LogP contribution is 2.51. The number of terminal acetylenes is 1. The number of hydrogen-bond donors (Lipinski definition) is 3. The average molecular weight is 1020 g/mol. The Morgan fingerprint density at radius 1 is 0.867 bits per heavy atom. The summed E-state index contributed by atoms with van der Waals surface area (Å²) < 4.78 is 40.7. The first kappa shape index (κ1) is 48.4. The maximum atomic E-state index is 17.2. The van der Waals surface area contributed by atoms with E-state index in [4.69, 9.17) is 26.2 Å². The minimum absolute atomic E-state index is 0.00703. The van der Waals surface area contributed by atoms with Gasteiger partial charge < -0.3 is 29.9 Å². The fourth-order valence-electron chi connectivity index (χ4n) is 14.2. The number of benzene rings is 3. The number of piperazine rings is 1. The van der Waals surface area contributed by atoms with Gasteiger partial charge in [0.05, 0.1) is 34.7 Å². The number of hydrogen-bond acceptors (Lipinski definition) is 12. The molecule has 390 valence electrons. The minimum Gasteiger partial charge on any atom is -0.508 e. The molecule has 3 N–H and O–H groups in total. The van der Waals surface area contributed by atoms with Crippen molar-refractivity contribution in [2.75, 3.05) is 63.9 Å². The number of nitrogens with zero attached hydrogens (tertiary/aromatic N) is 8. The summed E-state index contributed by atoms with van der Waals surface area (Å²) in [5, 5.41) is 23.9. The highest BCUT2D eigenvalue weighted by molar-refractivity contribution is 6.04. The van der Waals surface area contributed by atoms with Crippen LogP contribution in [-0.2, 0) is 16.6 Å². The van der Waals surface area contributed by atoms with Crippen molar-refractivity contribution in [1.29, 1.82) is 0 Å². The predicted molar refractivity (Wildman–Crippen MR) is 283 cm³/mol. The van der Waals surface area contributed by atoms with Gasteiger partial charge >= 0.3 is 6.01 Å². The fourth-order valence-corrected chi connectivity index (χ4v) is 14.2. The lowest BCUT2D eigenvalue weighted by Crippen LogP contribution is -2.51. The number of nitrogens with one attached hydrogen (secondary N) is 2. The Morgan fingerprint density at radius 2 is 1.64 bits per heavy atom. The molecule has 8 heterocycles. The van der Waals surface area contributed by atoms with E-state index in [0.29, 0.717) is 64.8 Å². The van der Waals surface area contributed by atoms with E-state index in [1.165, 1.54) is 74.9 Å². The molecule has 6 aromatic rings. The summed E-state index contributed by atoms with van der Waals surface area (Å²) in [6.07, 6.45) is 22.5. The molecular formula is C59H66F2N10O4. The average Bonchev–Trinajstić information content (AvgIpc) is 4.00. The molecule has 1 spiro atoms. The number of aryl methyl sites for hydroxylation is 1. The Kier molecular flexibility index (Phi) is 12.3. The zero-order valence-corrected chi connectivity index (χ0v) is 42.9. The summed E-state index contributed by atoms with van der Waals surface area (Å²) in [6.45, 7) is 8.48. The minimum atomic E-state index is -0.710. The van der Waals surface area contributed by atoms with Crippen LogP contribution in [0.4, 0.5) is 14.6 Å². The van der Waals surface area contributed by atoms with Gasteiger partial charge in [0.2, 0.25) is 11.8 Å². The molecule has 5 saturated heterocycles. The van der Waals surface area contributed by atoms with Crippen LogP contribution in [-0.4, -0.2) is 123 Å². The first-order valence-corrected chi connectivity index (χ1v) is 27.6. The lowest BCUT2D eigenvalue weighted by Gasteiger charge is -2.47. The molecule has 2 aliphatic carbocycles. The van der Waals surface area contributed by atoms with Crippen LogP contribution >= 0.6 is 0 Å². The molecule has 14 nitrogen and oxygen atoms in total. The number of aromatic hydroxyl groups is 1. The van der Waals surface area contributed by atoms with Crippen molar-refractivity contribution < 1.29 is 28.2 Å². The number of amides is 2. The smallest absolute Gasteiger partial charge is 0.319 e. The molecular weight excluding hydrogens is 951 g/mol. The lowest BCUT2D eigenvalue weighted by atomic mass is 9.65. The molecule has 13 rings (SSSR count). The Bertz CT molecular complexity index is 3280. The molecule has 2 saturated carbocycles. The number of phenols is 1. The third-order valence-corrected chi connectivity index (χ3v) is 18.8. The van der Waals surface area contributed by atoms with Crippen LogP contribution in [0.5, 0.6) is 11.8 Å². The van der Waals surface area contributed by atoms with Crippen molar-refractivity contribution in [1.82, 2.24) is 45.2 Å². The maximum absolute atomic E-state index is 17.2. The molecule has 3 aromatic carbocycles. The number of pyridine rings is 1. The molecule has 2 amide bonds. The number of likely N-dealkylation sites (tertiary alicyclic amines) is 2. The van der Waals surface area contributed by atoms with Gasteiger partial charge in [-0.3, -0.25) is 24.6 Å². The Morgan fingerprint density at radius 3 is 2.37 bits per heavy atom. The first-order chi connectivity index (χ1) is 36.4. The van der Waals surface area contributed by atoms with Crippen molar-refractivity contribution in [2.45, 2.75) is 114 Å². The largest absolute Gasteiger partial charge is 0.508 e. The number of fused-ring (bicyclic) bond motifs is 5. The van der Waals surface area contributed by atoms with Crippen LogP contribution < -0.4 is 20.3 Å². The molecule has 2 bridgehead atoms. The van der Waals surface area contributed by atoms with Crippen LogP contribution in [0.15, 0.2) is 48.7 Å². The number of imide groups is 1. The molecule has 7 aliphatic rings. The van der Waals surface area contributed by atoms with Crippen LogP contribution in [0.25, 0.3) is 43.8 Å². The van der Waals surface area contributed by atoms with Crippen LogP contribution in [0.2, 0.25) is 0 Å². The standard InChI is InChI=1S/C59H66F2N10O4/c1-3-42-47(60)10-5-38-26-41(72)28-45(50(38)42)53-51(61)54-46(29-62-53)55(71-31-39-6-7-40(32-71)63-39)66-57(65-54)75-34-59(18-19-59)33-70-24-20-58(21-25-70)16-12-35(13-17-58)30-69-22-14-36(15-23-69)37-4-8-43-48(27-37)68(2)67-52(43)44-9-11-49(73)64-56(44)74/h1,4-5,8,10,26-29,35-36,39-40,44,63,72H,6-7,9,11-25,30-34H2,2H3,(H,64,73,74). The number of halogens is 2. The topological polar surface area (TPSA) is 154 Å². The predicted octanol–water partition coefficient (Wildman–Crippen LogP) is 8.47. The Hall–Kier alpha value is -6.28. The van der Waals surface area contributed by atoms with Gasteiger partial charge in [-0.25, -0.2) is 8.78 Å². The SMILES string of the molecule is C#Cc1c(F)ccc2cc(O)cc(-c3ncc4c(N5CC6CCC(C5)N6)nc(OCC5(CN6CCC7(CCC(CN8CCC(c9ccc%10c(C%11CCC(=O)NC%11=O)nn(C)c%10c9)CC8)CC7)CC6)CC5)nc4c3F)c12. The molecule has 16 heteroatoms. The normalized spacial score (nSPS) is 24.3. The quantitative estimate of drug-likeness (QED) is 0.0843. The van der Waals surface area contributed by atoms with Crippen LogP contribution in [0, 0.1) is 40.7 Å². The molecule has 7 fully saturated rings.